The van der Waals surface area contributed by atoms with Crippen LogP contribution < -0.4 is 5.32 Å². The van der Waals surface area contributed by atoms with Crippen molar-refractivity contribution in [3.8, 4) is 0 Å². The van der Waals surface area contributed by atoms with Crippen molar-refractivity contribution >= 4 is 11.6 Å². The number of ether oxygens (including phenoxy) is 1. The third kappa shape index (κ3) is 3.49. The third-order valence-electron chi connectivity index (χ3n) is 5.29. The zero-order chi connectivity index (χ0) is 19.7. The second kappa shape index (κ2) is 7.67. The van der Waals surface area contributed by atoms with Gasteiger partial charge in [-0.1, -0.05) is 18.2 Å². The molecule has 2 aromatic heterocycles. The first-order valence-electron chi connectivity index (χ1n) is 9.51. The monoisotopic (exact) mass is 382 g/mol. The molecule has 1 N–H and O–H groups in total. The van der Waals surface area contributed by atoms with Gasteiger partial charge in [-0.15, -0.1) is 0 Å². The van der Waals surface area contributed by atoms with Crippen molar-refractivity contribution in [3.05, 3.63) is 64.4 Å². The number of benzene rings is 1. The molecular formula is C21H23FN4O2. The van der Waals surface area contributed by atoms with Gasteiger partial charge in [-0.05, 0) is 43.9 Å². The fourth-order valence-corrected chi connectivity index (χ4v) is 3.67. The number of hydrogen-bond acceptors (Lipinski definition) is 4. The number of carbonyl (C=O) groups excluding carboxylic acids is 1. The van der Waals surface area contributed by atoms with E-state index < -0.39 is 0 Å². The summed E-state index contributed by atoms with van der Waals surface area (Å²) in [6.45, 7) is 5.03. The Labute approximate surface area is 162 Å². The summed E-state index contributed by atoms with van der Waals surface area (Å²) in [6, 6.07) is 6.72. The Balaban J connectivity index is 1.61. The molecule has 1 atom stereocenters. The van der Waals surface area contributed by atoms with Crippen LogP contribution in [-0.4, -0.2) is 39.8 Å². The Morgan fingerprint density at radius 2 is 2.18 bits per heavy atom. The highest BCUT2D eigenvalue weighted by Crippen LogP contribution is 2.21. The zero-order valence-electron chi connectivity index (χ0n) is 16.0. The number of halogens is 1. The average molecular weight is 382 g/mol. The summed E-state index contributed by atoms with van der Waals surface area (Å²) < 4.78 is 21.3. The predicted molar refractivity (Wildman–Crippen MR) is 103 cm³/mol. The summed E-state index contributed by atoms with van der Waals surface area (Å²) >= 11 is 0. The number of rotatable bonds is 5. The van der Waals surface area contributed by atoms with Gasteiger partial charge in [0.15, 0.2) is 5.65 Å². The highest BCUT2D eigenvalue weighted by Gasteiger charge is 2.21. The minimum atomic E-state index is -0.240. The average Bonchev–Trinajstić information content (AvgIpc) is 3.34. The molecule has 1 fully saturated rings. The highest BCUT2D eigenvalue weighted by atomic mass is 19.1. The molecule has 1 aliphatic heterocycles. The Kier molecular flexibility index (Phi) is 5.09. The van der Waals surface area contributed by atoms with Crippen LogP contribution in [0.5, 0.6) is 0 Å². The van der Waals surface area contributed by atoms with E-state index in [1.165, 1.54) is 12.3 Å². The van der Waals surface area contributed by atoms with E-state index in [4.69, 9.17) is 4.74 Å². The predicted octanol–water partition coefficient (Wildman–Crippen LogP) is 2.98. The molecule has 4 rings (SSSR count). The molecule has 0 saturated carbocycles. The van der Waals surface area contributed by atoms with Gasteiger partial charge in [-0.3, -0.25) is 4.79 Å². The fourth-order valence-electron chi connectivity index (χ4n) is 3.67. The summed E-state index contributed by atoms with van der Waals surface area (Å²) in [7, 11) is 0. The molecule has 0 radical (unpaired) electrons. The van der Waals surface area contributed by atoms with Crippen LogP contribution in [0.3, 0.4) is 0 Å². The molecule has 6 nitrogen and oxygen atoms in total. The number of nitrogens with zero attached hydrogens (tertiary/aromatic N) is 3. The smallest absolute Gasteiger partial charge is 0.256 e. The van der Waals surface area contributed by atoms with Gasteiger partial charge in [0.2, 0.25) is 0 Å². The van der Waals surface area contributed by atoms with Crippen molar-refractivity contribution in [2.75, 3.05) is 13.2 Å². The van der Waals surface area contributed by atoms with Crippen molar-refractivity contribution < 1.29 is 13.9 Å². The Bertz CT molecular complexity index is 1020. The second-order valence-corrected chi connectivity index (χ2v) is 7.17. The van der Waals surface area contributed by atoms with Gasteiger partial charge >= 0.3 is 0 Å². The maximum absolute atomic E-state index is 14.1. The third-order valence-corrected chi connectivity index (χ3v) is 5.29. The largest absolute Gasteiger partial charge is 0.376 e. The van der Waals surface area contributed by atoms with E-state index in [9.17, 15) is 9.18 Å². The maximum atomic E-state index is 14.1. The van der Waals surface area contributed by atoms with E-state index in [1.807, 2.05) is 19.9 Å². The van der Waals surface area contributed by atoms with Crippen LogP contribution >= 0.6 is 0 Å². The first-order chi connectivity index (χ1) is 13.5. The summed E-state index contributed by atoms with van der Waals surface area (Å²) in [5, 5.41) is 7.27. The van der Waals surface area contributed by atoms with Crippen LogP contribution in [0.15, 0.2) is 30.5 Å². The number of hydrogen-bond donors (Lipinski definition) is 1. The Morgan fingerprint density at radius 3 is 2.93 bits per heavy atom. The molecular weight excluding hydrogens is 359 g/mol. The lowest BCUT2D eigenvalue weighted by Gasteiger charge is -2.13. The number of nitrogens with one attached hydrogen (secondary N) is 1. The molecule has 1 aromatic carbocycles. The van der Waals surface area contributed by atoms with Gasteiger partial charge < -0.3 is 10.1 Å². The molecule has 3 aromatic rings. The van der Waals surface area contributed by atoms with Crippen LogP contribution in [-0.2, 0) is 11.2 Å². The summed E-state index contributed by atoms with van der Waals surface area (Å²) in [5.41, 5.74) is 4.08. The molecule has 0 bridgehead atoms. The molecule has 0 spiro atoms. The topological polar surface area (TPSA) is 68.5 Å². The zero-order valence-corrected chi connectivity index (χ0v) is 16.0. The van der Waals surface area contributed by atoms with Gasteiger partial charge in [0, 0.05) is 31.0 Å². The van der Waals surface area contributed by atoms with Crippen molar-refractivity contribution in [2.24, 2.45) is 0 Å². The number of aryl methyl sites for hydroxylation is 2. The van der Waals surface area contributed by atoms with Gasteiger partial charge in [0.25, 0.3) is 5.91 Å². The van der Waals surface area contributed by atoms with E-state index in [1.54, 1.807) is 16.6 Å². The Hall–Kier alpha value is -2.80. The van der Waals surface area contributed by atoms with Gasteiger partial charge in [-0.25, -0.2) is 13.9 Å². The second-order valence-electron chi connectivity index (χ2n) is 7.17. The molecule has 146 valence electrons. The van der Waals surface area contributed by atoms with E-state index in [0.29, 0.717) is 29.7 Å². The van der Waals surface area contributed by atoms with E-state index >= 15 is 0 Å². The van der Waals surface area contributed by atoms with Crippen molar-refractivity contribution in [1.82, 2.24) is 19.9 Å². The SMILES string of the molecule is Cc1nc2c(C(=O)NCC3CCCO3)cnn2c(C)c1Cc1ccccc1F. The van der Waals surface area contributed by atoms with Crippen LogP contribution in [0.1, 0.15) is 45.7 Å². The number of carbonyl (C=O) groups is 1. The summed E-state index contributed by atoms with van der Waals surface area (Å²) in [4.78, 5) is 17.2. The van der Waals surface area contributed by atoms with Crippen molar-refractivity contribution in [1.29, 1.82) is 0 Å². The molecule has 1 aliphatic rings. The summed E-state index contributed by atoms with van der Waals surface area (Å²) in [6.07, 6.45) is 4.03. The fraction of sp³-hybridized carbons (Fsp3) is 0.381. The Morgan fingerprint density at radius 1 is 1.36 bits per heavy atom. The lowest BCUT2D eigenvalue weighted by molar-refractivity contribution is 0.0859. The first kappa shape index (κ1) is 18.6. The van der Waals surface area contributed by atoms with Gasteiger partial charge in [0.05, 0.1) is 12.3 Å². The standard InChI is InChI=1S/C21H23FN4O2/c1-13-17(10-15-6-3-4-8-19(15)22)14(2)26-20(25-13)18(12-24-26)21(27)23-11-16-7-5-9-28-16/h3-4,6,8,12,16H,5,7,9-11H2,1-2H3,(H,23,27). The minimum Gasteiger partial charge on any atom is -0.376 e. The van der Waals surface area contributed by atoms with Crippen LogP contribution in [0, 0.1) is 19.7 Å². The summed E-state index contributed by atoms with van der Waals surface area (Å²) in [5.74, 6) is -0.449. The molecule has 28 heavy (non-hydrogen) atoms. The minimum absolute atomic E-state index is 0.0783. The van der Waals surface area contributed by atoms with Crippen molar-refractivity contribution in [2.45, 2.75) is 39.2 Å². The lowest BCUT2D eigenvalue weighted by atomic mass is 10.0. The normalized spacial score (nSPS) is 16.6. The van der Waals surface area contributed by atoms with E-state index in [2.05, 4.69) is 15.4 Å². The molecule has 3 heterocycles. The number of amides is 1. The van der Waals surface area contributed by atoms with E-state index in [0.717, 1.165) is 36.4 Å². The van der Waals surface area contributed by atoms with Crippen LogP contribution in [0.2, 0.25) is 0 Å². The molecule has 0 aliphatic carbocycles. The van der Waals surface area contributed by atoms with E-state index in [-0.39, 0.29) is 17.8 Å². The highest BCUT2D eigenvalue weighted by molar-refractivity contribution is 5.99. The lowest BCUT2D eigenvalue weighted by Crippen LogP contribution is -2.31. The van der Waals surface area contributed by atoms with Crippen LogP contribution in [0.4, 0.5) is 4.39 Å². The van der Waals surface area contributed by atoms with Gasteiger partial charge in [0.1, 0.15) is 11.4 Å². The number of aromatic nitrogens is 3. The van der Waals surface area contributed by atoms with Gasteiger partial charge in [-0.2, -0.15) is 5.10 Å². The first-order valence-corrected chi connectivity index (χ1v) is 9.51. The molecule has 1 saturated heterocycles. The molecule has 1 amide bonds. The quantitative estimate of drug-likeness (QED) is 0.737. The van der Waals surface area contributed by atoms with Crippen molar-refractivity contribution in [3.63, 3.8) is 0 Å². The molecule has 1 unspecified atom stereocenters. The maximum Gasteiger partial charge on any atom is 0.256 e. The van der Waals surface area contributed by atoms with Crippen LogP contribution in [0.25, 0.3) is 5.65 Å². The molecule has 7 heteroatoms. The number of fused-ring (bicyclic) bond motifs is 1.